The molecular weight excluding hydrogens is 244 g/mol. The van der Waals surface area contributed by atoms with Gasteiger partial charge in [0.15, 0.2) is 11.5 Å². The number of nitrogens with zero attached hydrogens (tertiary/aromatic N) is 2. The van der Waals surface area contributed by atoms with Crippen LogP contribution in [-0.4, -0.2) is 27.4 Å². The number of ether oxygens (including phenoxy) is 3. The fraction of sp³-hybridized carbons (Fsp3) is 0.286. The van der Waals surface area contributed by atoms with Gasteiger partial charge in [-0.05, 0) is 23.8 Å². The van der Waals surface area contributed by atoms with E-state index in [4.69, 9.17) is 24.7 Å². The second-order valence-electron chi connectivity index (χ2n) is 3.53. The molecule has 0 aromatic heterocycles. The molecule has 1 aromatic carbocycles. The van der Waals surface area contributed by atoms with Crippen molar-refractivity contribution in [1.29, 1.82) is 10.5 Å². The summed E-state index contributed by atoms with van der Waals surface area (Å²) >= 11 is 0. The van der Waals surface area contributed by atoms with Gasteiger partial charge in [0.2, 0.25) is 0 Å². The maximum atomic E-state index is 8.70. The van der Waals surface area contributed by atoms with Crippen LogP contribution in [0, 0.1) is 22.7 Å². The Balaban J connectivity index is 2.94. The minimum absolute atomic E-state index is 0.0371. The second kappa shape index (κ2) is 7.75. The Bertz CT molecular complexity index is 523. The zero-order chi connectivity index (χ0) is 14.1. The predicted octanol–water partition coefficient (Wildman–Crippen LogP) is 2.15. The summed E-state index contributed by atoms with van der Waals surface area (Å²) in [5, 5.41) is 17.4. The number of methoxy groups -OCH3 is 2. The topological polar surface area (TPSA) is 75.3 Å². The minimum Gasteiger partial charge on any atom is -0.493 e. The molecular formula is C14H14N2O3. The number of allylic oxidation sites excluding steroid dienone is 1. The summed E-state index contributed by atoms with van der Waals surface area (Å²) in [6.45, 7) is 0.904. The van der Waals surface area contributed by atoms with Crippen molar-refractivity contribution in [2.24, 2.45) is 0 Å². The summed E-state index contributed by atoms with van der Waals surface area (Å²) in [5.74, 6) is 1.13. The van der Waals surface area contributed by atoms with E-state index in [-0.39, 0.29) is 5.57 Å². The summed E-state index contributed by atoms with van der Waals surface area (Å²) in [6.07, 6.45) is 1.49. The molecule has 5 heteroatoms. The van der Waals surface area contributed by atoms with Crippen molar-refractivity contribution in [2.75, 3.05) is 27.4 Å². The highest BCUT2D eigenvalue weighted by Crippen LogP contribution is 2.28. The molecule has 0 spiro atoms. The number of hydrogen-bond acceptors (Lipinski definition) is 5. The number of nitriles is 2. The van der Waals surface area contributed by atoms with Crippen molar-refractivity contribution in [3.05, 3.63) is 29.3 Å². The molecule has 1 rings (SSSR count). The molecule has 0 amide bonds. The molecule has 0 N–H and O–H groups in total. The number of benzene rings is 1. The highest BCUT2D eigenvalue weighted by molar-refractivity contribution is 5.64. The first kappa shape index (κ1) is 14.6. The standard InChI is InChI=1S/C14H14N2O3/c1-17-5-6-19-13-4-3-11(8-14(13)18-2)7-12(9-15)10-16/h3-4,7-8H,5-6H2,1-2H3. The lowest BCUT2D eigenvalue weighted by Gasteiger charge is -2.10. The van der Waals surface area contributed by atoms with Crippen LogP contribution in [0.2, 0.25) is 0 Å². The van der Waals surface area contributed by atoms with E-state index in [2.05, 4.69) is 0 Å². The Kier molecular flexibility index (Phi) is 5.94. The summed E-state index contributed by atoms with van der Waals surface area (Å²) < 4.78 is 15.6. The zero-order valence-electron chi connectivity index (χ0n) is 10.8. The Morgan fingerprint density at radius 2 is 1.89 bits per heavy atom. The van der Waals surface area contributed by atoms with Gasteiger partial charge in [-0.25, -0.2) is 0 Å². The molecule has 0 atom stereocenters. The van der Waals surface area contributed by atoms with Crippen molar-refractivity contribution >= 4 is 6.08 Å². The Morgan fingerprint density at radius 3 is 2.47 bits per heavy atom. The molecule has 0 saturated carbocycles. The van der Waals surface area contributed by atoms with Crippen LogP contribution in [0.3, 0.4) is 0 Å². The molecule has 0 unspecified atom stereocenters. The predicted molar refractivity (Wildman–Crippen MR) is 69.6 cm³/mol. The number of hydrogen-bond donors (Lipinski definition) is 0. The Hall–Kier alpha value is -2.50. The highest BCUT2D eigenvalue weighted by atomic mass is 16.5. The monoisotopic (exact) mass is 258 g/mol. The molecule has 1 aromatic rings. The summed E-state index contributed by atoms with van der Waals surface area (Å²) in [4.78, 5) is 0. The largest absolute Gasteiger partial charge is 0.493 e. The third-order valence-electron chi connectivity index (χ3n) is 2.28. The molecule has 0 aliphatic heterocycles. The molecule has 5 nitrogen and oxygen atoms in total. The van der Waals surface area contributed by atoms with Gasteiger partial charge >= 0.3 is 0 Å². The first-order valence-electron chi connectivity index (χ1n) is 5.56. The molecule has 0 radical (unpaired) electrons. The molecule has 98 valence electrons. The maximum Gasteiger partial charge on any atom is 0.161 e. The van der Waals surface area contributed by atoms with Crippen molar-refractivity contribution in [3.8, 4) is 23.6 Å². The van der Waals surface area contributed by atoms with Crippen molar-refractivity contribution in [1.82, 2.24) is 0 Å². The summed E-state index contributed by atoms with van der Waals surface area (Å²) in [5.41, 5.74) is 0.740. The summed E-state index contributed by atoms with van der Waals surface area (Å²) in [7, 11) is 3.13. The lowest BCUT2D eigenvalue weighted by Crippen LogP contribution is -2.05. The summed E-state index contributed by atoms with van der Waals surface area (Å²) in [6, 6.07) is 8.79. The van der Waals surface area contributed by atoms with E-state index >= 15 is 0 Å². The van der Waals surface area contributed by atoms with E-state index in [0.29, 0.717) is 30.3 Å². The van der Waals surface area contributed by atoms with Crippen LogP contribution < -0.4 is 9.47 Å². The second-order valence-corrected chi connectivity index (χ2v) is 3.53. The van der Waals surface area contributed by atoms with Crippen LogP contribution in [-0.2, 0) is 4.74 Å². The molecule has 0 saturated heterocycles. The van der Waals surface area contributed by atoms with Crippen LogP contribution in [0.5, 0.6) is 11.5 Å². The Morgan fingerprint density at radius 1 is 1.16 bits per heavy atom. The van der Waals surface area contributed by atoms with Crippen molar-refractivity contribution in [2.45, 2.75) is 0 Å². The van der Waals surface area contributed by atoms with E-state index in [1.165, 1.54) is 13.2 Å². The van der Waals surface area contributed by atoms with Gasteiger partial charge in [-0.1, -0.05) is 6.07 Å². The van der Waals surface area contributed by atoms with Gasteiger partial charge in [-0.2, -0.15) is 10.5 Å². The molecule has 0 heterocycles. The third kappa shape index (κ3) is 4.34. The highest BCUT2D eigenvalue weighted by Gasteiger charge is 2.05. The first-order valence-corrected chi connectivity index (χ1v) is 5.56. The van der Waals surface area contributed by atoms with Crippen LogP contribution >= 0.6 is 0 Å². The van der Waals surface area contributed by atoms with E-state index in [1.807, 2.05) is 0 Å². The lowest BCUT2D eigenvalue weighted by atomic mass is 10.1. The van der Waals surface area contributed by atoms with Gasteiger partial charge in [-0.3, -0.25) is 0 Å². The zero-order valence-corrected chi connectivity index (χ0v) is 10.8. The molecule has 0 bridgehead atoms. The smallest absolute Gasteiger partial charge is 0.161 e. The first-order chi connectivity index (χ1) is 9.24. The van der Waals surface area contributed by atoms with E-state index < -0.39 is 0 Å². The quantitative estimate of drug-likeness (QED) is 0.577. The van der Waals surface area contributed by atoms with Gasteiger partial charge in [0.1, 0.15) is 24.3 Å². The fourth-order valence-electron chi connectivity index (χ4n) is 1.38. The van der Waals surface area contributed by atoms with E-state index in [0.717, 1.165) is 0 Å². The number of rotatable bonds is 6. The molecule has 0 aliphatic rings. The molecule has 0 fully saturated rings. The van der Waals surface area contributed by atoms with Crippen LogP contribution in [0.1, 0.15) is 5.56 Å². The average Bonchev–Trinajstić information content (AvgIpc) is 2.46. The van der Waals surface area contributed by atoms with Gasteiger partial charge < -0.3 is 14.2 Å². The fourth-order valence-corrected chi connectivity index (χ4v) is 1.38. The van der Waals surface area contributed by atoms with Gasteiger partial charge in [0.05, 0.1) is 13.7 Å². The van der Waals surface area contributed by atoms with Crippen LogP contribution in [0.15, 0.2) is 23.8 Å². The third-order valence-corrected chi connectivity index (χ3v) is 2.28. The normalized spacial score (nSPS) is 9.05. The minimum atomic E-state index is 0.0371. The van der Waals surface area contributed by atoms with Crippen LogP contribution in [0.4, 0.5) is 0 Å². The van der Waals surface area contributed by atoms with Crippen LogP contribution in [0.25, 0.3) is 6.08 Å². The van der Waals surface area contributed by atoms with Crippen molar-refractivity contribution < 1.29 is 14.2 Å². The SMILES string of the molecule is COCCOc1ccc(C=C(C#N)C#N)cc1OC. The van der Waals surface area contributed by atoms with E-state index in [9.17, 15) is 0 Å². The average molecular weight is 258 g/mol. The van der Waals surface area contributed by atoms with E-state index in [1.54, 1.807) is 37.4 Å². The van der Waals surface area contributed by atoms with Crippen molar-refractivity contribution in [3.63, 3.8) is 0 Å². The molecule has 0 aliphatic carbocycles. The van der Waals surface area contributed by atoms with Gasteiger partial charge in [0, 0.05) is 7.11 Å². The lowest BCUT2D eigenvalue weighted by molar-refractivity contribution is 0.144. The molecule has 19 heavy (non-hydrogen) atoms. The maximum absolute atomic E-state index is 8.70. The van der Waals surface area contributed by atoms with Gasteiger partial charge in [0.25, 0.3) is 0 Å². The van der Waals surface area contributed by atoms with Gasteiger partial charge in [-0.15, -0.1) is 0 Å². The Labute approximate surface area is 112 Å².